The number of nitrogens with zero attached hydrogens (tertiary/aromatic N) is 2. The van der Waals surface area contributed by atoms with Crippen LogP contribution in [0.2, 0.25) is 0 Å². The molecular formula is C16H35IN4S. The number of hydrogen-bond acceptors (Lipinski definition) is 3. The van der Waals surface area contributed by atoms with Crippen LogP contribution in [-0.4, -0.2) is 62.1 Å². The molecule has 6 heteroatoms. The fourth-order valence-electron chi connectivity index (χ4n) is 2.71. The fraction of sp³-hybridized carbons (Fsp3) is 0.938. The molecule has 1 atom stereocenters. The third-order valence-electron chi connectivity index (χ3n) is 3.83. The Kier molecular flexibility index (Phi) is 15.1. The van der Waals surface area contributed by atoms with Gasteiger partial charge in [0.05, 0.1) is 0 Å². The predicted molar refractivity (Wildman–Crippen MR) is 112 cm³/mol. The Bertz CT molecular complexity index is 289. The van der Waals surface area contributed by atoms with Crippen LogP contribution >= 0.6 is 35.7 Å². The van der Waals surface area contributed by atoms with Gasteiger partial charge in [-0.1, -0.05) is 6.92 Å². The van der Waals surface area contributed by atoms with Gasteiger partial charge in [-0.15, -0.1) is 24.0 Å². The van der Waals surface area contributed by atoms with Gasteiger partial charge in [-0.25, -0.2) is 0 Å². The minimum Gasteiger partial charge on any atom is -0.357 e. The van der Waals surface area contributed by atoms with E-state index in [1.54, 1.807) is 0 Å². The molecule has 0 aromatic heterocycles. The van der Waals surface area contributed by atoms with Crippen molar-refractivity contribution < 1.29 is 0 Å². The molecule has 1 heterocycles. The van der Waals surface area contributed by atoms with E-state index in [4.69, 9.17) is 0 Å². The number of aliphatic imine (C=N–C) groups is 1. The van der Waals surface area contributed by atoms with Gasteiger partial charge in [0.25, 0.3) is 0 Å². The molecule has 0 saturated carbocycles. The highest BCUT2D eigenvalue weighted by Gasteiger charge is 2.15. The topological polar surface area (TPSA) is 39.7 Å². The molecule has 2 N–H and O–H groups in total. The summed E-state index contributed by atoms with van der Waals surface area (Å²) in [4.78, 5) is 7.22. The summed E-state index contributed by atoms with van der Waals surface area (Å²) in [5.41, 5.74) is 0. The lowest BCUT2D eigenvalue weighted by Gasteiger charge is -2.30. The zero-order valence-corrected chi connectivity index (χ0v) is 17.7. The number of halogens is 1. The number of likely N-dealkylation sites (tertiary alicyclic amines) is 1. The summed E-state index contributed by atoms with van der Waals surface area (Å²) in [6, 6.07) is 0. The molecule has 1 aliphatic rings. The van der Waals surface area contributed by atoms with Crippen LogP contribution < -0.4 is 10.6 Å². The first-order valence-electron chi connectivity index (χ1n) is 8.49. The van der Waals surface area contributed by atoms with Crippen molar-refractivity contribution in [2.45, 2.75) is 39.5 Å². The van der Waals surface area contributed by atoms with Crippen LogP contribution in [0.1, 0.15) is 39.5 Å². The monoisotopic (exact) mass is 442 g/mol. The molecule has 1 unspecified atom stereocenters. The largest absolute Gasteiger partial charge is 0.357 e. The van der Waals surface area contributed by atoms with Crippen LogP contribution in [0.25, 0.3) is 0 Å². The quantitative estimate of drug-likeness (QED) is 0.249. The second kappa shape index (κ2) is 14.9. The Morgan fingerprint density at radius 1 is 1.32 bits per heavy atom. The van der Waals surface area contributed by atoms with E-state index >= 15 is 0 Å². The highest BCUT2D eigenvalue weighted by Crippen LogP contribution is 2.14. The van der Waals surface area contributed by atoms with Crippen LogP contribution in [0.4, 0.5) is 0 Å². The molecule has 0 aliphatic carbocycles. The van der Waals surface area contributed by atoms with E-state index in [-0.39, 0.29) is 24.0 Å². The second-order valence-corrected chi connectivity index (χ2v) is 6.92. The molecule has 0 amide bonds. The summed E-state index contributed by atoms with van der Waals surface area (Å²) >= 11 is 1.92. The number of hydrogen-bond donors (Lipinski definition) is 2. The zero-order valence-electron chi connectivity index (χ0n) is 14.6. The van der Waals surface area contributed by atoms with E-state index in [2.05, 4.69) is 40.6 Å². The Morgan fingerprint density at radius 2 is 2.14 bits per heavy atom. The van der Waals surface area contributed by atoms with Crippen LogP contribution in [0.15, 0.2) is 4.99 Å². The fourth-order valence-corrected chi connectivity index (χ4v) is 3.21. The lowest BCUT2D eigenvalue weighted by Crippen LogP contribution is -2.43. The van der Waals surface area contributed by atoms with Gasteiger partial charge in [0.1, 0.15) is 0 Å². The zero-order chi connectivity index (χ0) is 15.3. The molecule has 4 nitrogen and oxygen atoms in total. The van der Waals surface area contributed by atoms with Gasteiger partial charge in [-0.3, -0.25) is 4.99 Å². The van der Waals surface area contributed by atoms with Crippen molar-refractivity contribution in [2.75, 3.05) is 51.3 Å². The van der Waals surface area contributed by atoms with Crippen molar-refractivity contribution in [3.63, 3.8) is 0 Å². The van der Waals surface area contributed by atoms with Gasteiger partial charge in [-0.05, 0) is 57.1 Å². The molecular weight excluding hydrogens is 407 g/mol. The van der Waals surface area contributed by atoms with Gasteiger partial charge in [-0.2, -0.15) is 11.8 Å². The van der Waals surface area contributed by atoms with Crippen molar-refractivity contribution >= 4 is 41.7 Å². The Hall–Kier alpha value is 0.310. The van der Waals surface area contributed by atoms with Gasteiger partial charge >= 0.3 is 0 Å². The van der Waals surface area contributed by atoms with Crippen molar-refractivity contribution in [1.29, 1.82) is 0 Å². The van der Waals surface area contributed by atoms with Crippen LogP contribution in [0, 0.1) is 5.92 Å². The van der Waals surface area contributed by atoms with Gasteiger partial charge in [0.15, 0.2) is 5.96 Å². The molecule has 0 radical (unpaired) electrons. The van der Waals surface area contributed by atoms with E-state index in [0.29, 0.717) is 0 Å². The van der Waals surface area contributed by atoms with Crippen molar-refractivity contribution in [2.24, 2.45) is 10.9 Å². The Balaban J connectivity index is 0.00000441. The standard InChI is InChI=1S/C16H34N4S.HI/c1-4-17-16(18-9-5-6-13-21-3)19-10-12-20-11-7-8-15(2)14-20;/h15H,4-14H2,1-3H3,(H2,17,18,19);1H. The van der Waals surface area contributed by atoms with Crippen LogP contribution in [0.3, 0.4) is 0 Å². The van der Waals surface area contributed by atoms with E-state index in [1.165, 1.54) is 44.5 Å². The lowest BCUT2D eigenvalue weighted by atomic mass is 10.0. The van der Waals surface area contributed by atoms with Crippen molar-refractivity contribution in [1.82, 2.24) is 15.5 Å². The Morgan fingerprint density at radius 3 is 2.82 bits per heavy atom. The maximum atomic E-state index is 4.65. The van der Waals surface area contributed by atoms with Crippen molar-refractivity contribution in [3.05, 3.63) is 0 Å². The van der Waals surface area contributed by atoms with E-state index in [0.717, 1.165) is 38.1 Å². The first-order chi connectivity index (χ1) is 10.3. The SMILES string of the molecule is CCNC(=NCCCCSC)NCCN1CCCC(C)C1.I. The summed E-state index contributed by atoms with van der Waals surface area (Å²) in [6.45, 7) is 11.0. The first kappa shape index (κ1) is 22.3. The number of piperidine rings is 1. The normalized spacial score (nSPS) is 19.6. The molecule has 1 saturated heterocycles. The highest BCUT2D eigenvalue weighted by molar-refractivity contribution is 14.0. The molecule has 22 heavy (non-hydrogen) atoms. The van der Waals surface area contributed by atoms with E-state index in [9.17, 15) is 0 Å². The smallest absolute Gasteiger partial charge is 0.191 e. The molecule has 1 fully saturated rings. The molecule has 0 bridgehead atoms. The summed E-state index contributed by atoms with van der Waals surface area (Å²) < 4.78 is 0. The highest BCUT2D eigenvalue weighted by atomic mass is 127. The van der Waals surface area contributed by atoms with Gasteiger partial charge < -0.3 is 15.5 Å². The maximum Gasteiger partial charge on any atom is 0.191 e. The van der Waals surface area contributed by atoms with E-state index < -0.39 is 0 Å². The minimum absolute atomic E-state index is 0. The summed E-state index contributed by atoms with van der Waals surface area (Å²) in [7, 11) is 0. The van der Waals surface area contributed by atoms with Crippen LogP contribution in [0.5, 0.6) is 0 Å². The number of guanidine groups is 1. The van der Waals surface area contributed by atoms with Gasteiger partial charge in [0, 0.05) is 32.7 Å². The average Bonchev–Trinajstić information content (AvgIpc) is 2.47. The minimum atomic E-state index is 0. The molecule has 132 valence electrons. The third-order valence-corrected chi connectivity index (χ3v) is 4.53. The summed E-state index contributed by atoms with van der Waals surface area (Å²) in [5, 5.41) is 6.80. The predicted octanol–water partition coefficient (Wildman–Crippen LogP) is 3.03. The molecule has 1 aliphatic heterocycles. The molecule has 0 spiro atoms. The maximum absolute atomic E-state index is 4.65. The molecule has 0 aromatic rings. The third kappa shape index (κ3) is 10.9. The van der Waals surface area contributed by atoms with Gasteiger partial charge in [0.2, 0.25) is 0 Å². The molecule has 1 rings (SSSR count). The van der Waals surface area contributed by atoms with E-state index in [1.807, 2.05) is 11.8 Å². The number of thioether (sulfide) groups is 1. The van der Waals surface area contributed by atoms with Crippen LogP contribution in [-0.2, 0) is 0 Å². The molecule has 0 aromatic carbocycles. The Labute approximate surface area is 158 Å². The number of unbranched alkanes of at least 4 members (excludes halogenated alkanes) is 1. The summed E-state index contributed by atoms with van der Waals surface area (Å²) in [5.74, 6) is 3.08. The number of rotatable bonds is 9. The first-order valence-corrected chi connectivity index (χ1v) is 9.89. The summed E-state index contributed by atoms with van der Waals surface area (Å²) in [6.07, 6.45) is 7.35. The average molecular weight is 442 g/mol. The number of nitrogens with one attached hydrogen (secondary N) is 2. The second-order valence-electron chi connectivity index (χ2n) is 5.94. The lowest BCUT2D eigenvalue weighted by molar-refractivity contribution is 0.187. The van der Waals surface area contributed by atoms with Crippen molar-refractivity contribution in [3.8, 4) is 0 Å².